The van der Waals surface area contributed by atoms with Gasteiger partial charge >= 0.3 is 0 Å². The molecule has 1 amide bonds. The fourth-order valence-electron chi connectivity index (χ4n) is 1.87. The van der Waals surface area contributed by atoms with Gasteiger partial charge in [0.2, 0.25) is 5.91 Å². The molecule has 5 nitrogen and oxygen atoms in total. The molecule has 0 saturated heterocycles. The zero-order valence-corrected chi connectivity index (χ0v) is 15.5. The number of carbonyl (C=O) groups excluding carboxylic acids is 1. The van der Waals surface area contributed by atoms with Crippen LogP contribution in [0.15, 0.2) is 38.7 Å². The summed E-state index contributed by atoms with van der Waals surface area (Å²) in [6, 6.07) is 7.11. The first-order valence-corrected chi connectivity index (χ1v) is 8.93. The number of aromatic nitrogens is 2. The first kappa shape index (κ1) is 17.7. The molecule has 0 radical (unpaired) electrons. The summed E-state index contributed by atoms with van der Waals surface area (Å²) in [7, 11) is 0. The van der Waals surface area contributed by atoms with Crippen LogP contribution < -0.4 is 10.9 Å². The van der Waals surface area contributed by atoms with E-state index in [0.29, 0.717) is 5.16 Å². The second kappa shape index (κ2) is 7.79. The average Bonchev–Trinajstić information content (AvgIpc) is 2.48. The maximum Gasteiger partial charge on any atom is 0.251 e. The van der Waals surface area contributed by atoms with E-state index in [1.165, 1.54) is 17.8 Å². The van der Waals surface area contributed by atoms with Crippen molar-refractivity contribution in [2.75, 3.05) is 11.1 Å². The van der Waals surface area contributed by atoms with Crippen LogP contribution in [0.1, 0.15) is 31.0 Å². The Morgan fingerprint density at radius 1 is 1.39 bits per heavy atom. The summed E-state index contributed by atoms with van der Waals surface area (Å²) in [5.74, 6) is 0.199. The Labute approximate surface area is 147 Å². The van der Waals surface area contributed by atoms with Gasteiger partial charge in [-0.3, -0.25) is 9.59 Å². The largest absolute Gasteiger partial charge is 0.325 e. The molecule has 2 aromatic rings. The molecule has 0 atom stereocenters. The Morgan fingerprint density at radius 2 is 2.13 bits per heavy atom. The Bertz CT molecular complexity index is 774. The van der Waals surface area contributed by atoms with Crippen LogP contribution in [0, 0.1) is 6.92 Å². The molecule has 0 fully saturated rings. The third kappa shape index (κ3) is 5.21. The molecule has 0 aliphatic rings. The van der Waals surface area contributed by atoms with Crippen molar-refractivity contribution < 1.29 is 4.79 Å². The number of H-pyrrole nitrogens is 1. The maximum absolute atomic E-state index is 12.0. The fourth-order valence-corrected chi connectivity index (χ4v) is 2.80. The van der Waals surface area contributed by atoms with Crippen LogP contribution in [0.2, 0.25) is 0 Å². The normalized spacial score (nSPS) is 10.8. The molecule has 122 valence electrons. The minimum absolute atomic E-state index is 0.144. The number of carbonyl (C=O) groups is 1. The molecule has 0 unspecified atom stereocenters. The van der Waals surface area contributed by atoms with Gasteiger partial charge in [0, 0.05) is 16.2 Å². The number of thioether (sulfide) groups is 1. The standard InChI is InChI=1S/C16H18BrN3O2S/c1-9(2)13-7-14(21)20-16(19-13)23-8-15(22)18-11-4-5-12(17)10(3)6-11/h4-7,9H,8H2,1-3H3,(H,18,22)(H,19,20,21). The van der Waals surface area contributed by atoms with Gasteiger partial charge in [0.1, 0.15) is 0 Å². The number of nitrogens with zero attached hydrogens (tertiary/aromatic N) is 1. The predicted molar refractivity (Wildman–Crippen MR) is 97.2 cm³/mol. The first-order chi connectivity index (χ1) is 10.8. The number of anilines is 1. The molecule has 0 aliphatic heterocycles. The van der Waals surface area contributed by atoms with Gasteiger partial charge in [-0.1, -0.05) is 41.5 Å². The monoisotopic (exact) mass is 395 g/mol. The smallest absolute Gasteiger partial charge is 0.251 e. The summed E-state index contributed by atoms with van der Waals surface area (Å²) in [6.07, 6.45) is 0. The number of hydrogen-bond acceptors (Lipinski definition) is 4. The van der Waals surface area contributed by atoms with E-state index in [9.17, 15) is 9.59 Å². The minimum Gasteiger partial charge on any atom is -0.325 e. The van der Waals surface area contributed by atoms with Crippen LogP contribution in [0.5, 0.6) is 0 Å². The van der Waals surface area contributed by atoms with Crippen LogP contribution in [0.25, 0.3) is 0 Å². The number of aromatic amines is 1. The van der Waals surface area contributed by atoms with Crippen molar-refractivity contribution in [3.8, 4) is 0 Å². The predicted octanol–water partition coefficient (Wildman–Crippen LogP) is 3.70. The van der Waals surface area contributed by atoms with Crippen molar-refractivity contribution in [1.29, 1.82) is 0 Å². The number of amides is 1. The number of benzene rings is 1. The highest BCUT2D eigenvalue weighted by Gasteiger charge is 2.09. The lowest BCUT2D eigenvalue weighted by Gasteiger charge is -2.08. The van der Waals surface area contributed by atoms with Crippen molar-refractivity contribution in [2.24, 2.45) is 0 Å². The highest BCUT2D eigenvalue weighted by molar-refractivity contribution is 9.10. The molecule has 23 heavy (non-hydrogen) atoms. The van der Waals surface area contributed by atoms with Gasteiger partial charge in [0.25, 0.3) is 5.56 Å². The van der Waals surface area contributed by atoms with Crippen LogP contribution in [-0.4, -0.2) is 21.6 Å². The Kier molecular flexibility index (Phi) is 6.01. The van der Waals surface area contributed by atoms with Crippen LogP contribution in [0.3, 0.4) is 0 Å². The molecule has 1 aromatic carbocycles. The van der Waals surface area contributed by atoms with Crippen molar-refractivity contribution in [2.45, 2.75) is 31.8 Å². The van der Waals surface area contributed by atoms with Gasteiger partial charge in [-0.2, -0.15) is 0 Å². The molecule has 0 aliphatic carbocycles. The lowest BCUT2D eigenvalue weighted by Crippen LogP contribution is -2.16. The molecule has 0 spiro atoms. The fraction of sp³-hybridized carbons (Fsp3) is 0.312. The molecule has 7 heteroatoms. The second-order valence-corrected chi connectivity index (χ2v) is 7.25. The van der Waals surface area contributed by atoms with Crippen LogP contribution in [0.4, 0.5) is 5.69 Å². The topological polar surface area (TPSA) is 74.8 Å². The van der Waals surface area contributed by atoms with Gasteiger partial charge in [-0.25, -0.2) is 4.98 Å². The highest BCUT2D eigenvalue weighted by atomic mass is 79.9. The summed E-state index contributed by atoms with van der Waals surface area (Å²) < 4.78 is 0.997. The molecule has 2 rings (SSSR count). The van der Waals surface area contributed by atoms with Gasteiger partial charge in [-0.05, 0) is 36.6 Å². The van der Waals surface area contributed by atoms with Crippen molar-refractivity contribution in [3.05, 3.63) is 50.3 Å². The van der Waals surface area contributed by atoms with E-state index in [-0.39, 0.29) is 23.1 Å². The van der Waals surface area contributed by atoms with E-state index in [2.05, 4.69) is 31.2 Å². The molecule has 0 bridgehead atoms. The zero-order chi connectivity index (χ0) is 17.0. The van der Waals surface area contributed by atoms with Gasteiger partial charge < -0.3 is 10.3 Å². The molecule has 2 N–H and O–H groups in total. The maximum atomic E-state index is 12.0. The number of hydrogen-bond donors (Lipinski definition) is 2. The van der Waals surface area contributed by atoms with Gasteiger partial charge in [-0.15, -0.1) is 0 Å². The number of halogens is 1. The van der Waals surface area contributed by atoms with Crippen LogP contribution >= 0.6 is 27.7 Å². The van der Waals surface area contributed by atoms with E-state index in [1.54, 1.807) is 0 Å². The summed E-state index contributed by atoms with van der Waals surface area (Å²) in [5, 5.41) is 3.29. The first-order valence-electron chi connectivity index (χ1n) is 7.15. The van der Waals surface area contributed by atoms with Crippen molar-refractivity contribution in [3.63, 3.8) is 0 Å². The molecular weight excluding hydrogens is 378 g/mol. The summed E-state index contributed by atoms with van der Waals surface area (Å²) in [5.41, 5.74) is 2.31. The lowest BCUT2D eigenvalue weighted by molar-refractivity contribution is -0.113. The molecule has 0 saturated carbocycles. The van der Waals surface area contributed by atoms with Crippen molar-refractivity contribution in [1.82, 2.24) is 9.97 Å². The van der Waals surface area contributed by atoms with Crippen molar-refractivity contribution >= 4 is 39.3 Å². The number of aryl methyl sites for hydroxylation is 1. The Hall–Kier alpha value is -1.60. The molecule has 1 aromatic heterocycles. The van der Waals surface area contributed by atoms with E-state index in [4.69, 9.17) is 0 Å². The lowest BCUT2D eigenvalue weighted by atomic mass is 10.1. The number of nitrogens with one attached hydrogen (secondary N) is 2. The Balaban J connectivity index is 1.99. The van der Waals surface area contributed by atoms with E-state index in [0.717, 1.165) is 21.4 Å². The van der Waals surface area contributed by atoms with Crippen LogP contribution in [-0.2, 0) is 4.79 Å². The highest BCUT2D eigenvalue weighted by Crippen LogP contribution is 2.21. The second-order valence-electron chi connectivity index (χ2n) is 5.43. The number of rotatable bonds is 5. The van der Waals surface area contributed by atoms with Gasteiger partial charge in [0.15, 0.2) is 5.16 Å². The summed E-state index contributed by atoms with van der Waals surface area (Å²) >= 11 is 4.64. The zero-order valence-electron chi connectivity index (χ0n) is 13.1. The average molecular weight is 396 g/mol. The SMILES string of the molecule is Cc1cc(NC(=O)CSc2nc(C(C)C)cc(=O)[nH]2)ccc1Br. The molecule has 1 heterocycles. The quantitative estimate of drug-likeness (QED) is 0.597. The third-order valence-corrected chi connectivity index (χ3v) is 4.88. The Morgan fingerprint density at radius 3 is 2.78 bits per heavy atom. The summed E-state index contributed by atoms with van der Waals surface area (Å²) in [6.45, 7) is 5.90. The summed E-state index contributed by atoms with van der Waals surface area (Å²) in [4.78, 5) is 30.6. The van der Waals surface area contributed by atoms with E-state index >= 15 is 0 Å². The minimum atomic E-state index is -0.199. The van der Waals surface area contributed by atoms with Gasteiger partial charge in [0.05, 0.1) is 11.4 Å². The third-order valence-electron chi connectivity index (χ3n) is 3.11. The van der Waals surface area contributed by atoms with E-state index < -0.39 is 0 Å². The molecular formula is C16H18BrN3O2S. The van der Waals surface area contributed by atoms with E-state index in [1.807, 2.05) is 39.0 Å².